The summed E-state index contributed by atoms with van der Waals surface area (Å²) in [5.41, 5.74) is 0.483. The number of benzene rings is 1. The van der Waals surface area contributed by atoms with Crippen LogP contribution in [0.5, 0.6) is 0 Å². The van der Waals surface area contributed by atoms with Gasteiger partial charge in [0.15, 0.2) is 0 Å². The fraction of sp³-hybridized carbons (Fsp3) is 0.550. The van der Waals surface area contributed by atoms with Gasteiger partial charge in [0.25, 0.3) is 0 Å². The van der Waals surface area contributed by atoms with Crippen LogP contribution < -0.4 is 5.32 Å². The summed E-state index contributed by atoms with van der Waals surface area (Å²) in [5.74, 6) is 1.40. The van der Waals surface area contributed by atoms with Crippen molar-refractivity contribution in [1.82, 2.24) is 10.2 Å². The monoisotopic (exact) mass is 344 g/mol. The number of piperidine rings is 1. The standard InChI is InChI=1S/C20H28N2O3/c1-20(2,3)25-19(23)22-10-6-7-15(14-22)12-21-13-17-11-16-8-4-5-9-18(16)24-17/h4-5,8-9,11,15,21H,6-7,10,12-14H2,1-3H3. The van der Waals surface area contributed by atoms with E-state index in [1.165, 1.54) is 0 Å². The van der Waals surface area contributed by atoms with E-state index in [2.05, 4.69) is 17.4 Å². The molecule has 1 aliphatic rings. The van der Waals surface area contributed by atoms with Crippen LogP contribution in [-0.2, 0) is 11.3 Å². The molecular formula is C20H28N2O3. The number of nitrogens with zero attached hydrogens (tertiary/aromatic N) is 1. The molecule has 1 atom stereocenters. The van der Waals surface area contributed by atoms with E-state index >= 15 is 0 Å². The number of hydrogen-bond acceptors (Lipinski definition) is 4. The van der Waals surface area contributed by atoms with Crippen molar-refractivity contribution < 1.29 is 13.9 Å². The van der Waals surface area contributed by atoms with Gasteiger partial charge in [0.1, 0.15) is 16.9 Å². The highest BCUT2D eigenvalue weighted by Crippen LogP contribution is 2.20. The van der Waals surface area contributed by atoms with Crippen LogP contribution in [0.3, 0.4) is 0 Å². The van der Waals surface area contributed by atoms with Gasteiger partial charge in [0.05, 0.1) is 6.54 Å². The molecule has 2 heterocycles. The predicted octanol–water partition coefficient (Wildman–Crippen LogP) is 4.17. The lowest BCUT2D eigenvalue weighted by Crippen LogP contribution is -2.44. The average Bonchev–Trinajstić information content (AvgIpc) is 2.96. The molecule has 1 N–H and O–H groups in total. The molecule has 2 aromatic rings. The first-order valence-corrected chi connectivity index (χ1v) is 9.07. The van der Waals surface area contributed by atoms with Crippen molar-refractivity contribution >= 4 is 17.1 Å². The lowest BCUT2D eigenvalue weighted by atomic mass is 9.98. The van der Waals surface area contributed by atoms with Gasteiger partial charge in [-0.1, -0.05) is 18.2 Å². The molecule has 0 aliphatic carbocycles. The Morgan fingerprint density at radius 2 is 2.16 bits per heavy atom. The third kappa shape index (κ3) is 4.98. The smallest absolute Gasteiger partial charge is 0.410 e. The first kappa shape index (κ1) is 17.8. The molecule has 1 aromatic heterocycles. The molecule has 5 nitrogen and oxygen atoms in total. The Morgan fingerprint density at radius 1 is 1.36 bits per heavy atom. The SMILES string of the molecule is CC(C)(C)OC(=O)N1CCCC(CNCc2cc3ccccc3o2)C1. The molecule has 1 aromatic carbocycles. The maximum atomic E-state index is 12.2. The molecular weight excluding hydrogens is 316 g/mol. The van der Waals surface area contributed by atoms with Crippen LogP contribution in [-0.4, -0.2) is 36.2 Å². The molecule has 25 heavy (non-hydrogen) atoms. The van der Waals surface area contributed by atoms with Crippen molar-refractivity contribution in [3.8, 4) is 0 Å². The minimum atomic E-state index is -0.441. The first-order chi connectivity index (χ1) is 11.9. The first-order valence-electron chi connectivity index (χ1n) is 9.07. The molecule has 1 aliphatic heterocycles. The molecule has 0 spiro atoms. The Hall–Kier alpha value is -2.01. The van der Waals surface area contributed by atoms with Crippen LogP contribution in [0.2, 0.25) is 0 Å². The number of rotatable bonds is 4. The van der Waals surface area contributed by atoms with Crippen molar-refractivity contribution in [2.75, 3.05) is 19.6 Å². The average molecular weight is 344 g/mol. The Morgan fingerprint density at radius 3 is 2.92 bits per heavy atom. The normalized spacial score (nSPS) is 18.5. The maximum Gasteiger partial charge on any atom is 0.410 e. The summed E-state index contributed by atoms with van der Waals surface area (Å²) in [6.45, 7) is 8.83. The largest absolute Gasteiger partial charge is 0.460 e. The van der Waals surface area contributed by atoms with Crippen LogP contribution in [0.25, 0.3) is 11.0 Å². The second-order valence-corrected chi connectivity index (χ2v) is 7.82. The molecule has 3 rings (SSSR count). The van der Waals surface area contributed by atoms with Crippen LogP contribution in [0, 0.1) is 5.92 Å². The molecule has 0 saturated carbocycles. The van der Waals surface area contributed by atoms with Gasteiger partial charge in [-0.25, -0.2) is 4.79 Å². The van der Waals surface area contributed by atoms with Crippen molar-refractivity contribution in [3.63, 3.8) is 0 Å². The van der Waals surface area contributed by atoms with Gasteiger partial charge in [0, 0.05) is 25.0 Å². The fourth-order valence-corrected chi connectivity index (χ4v) is 3.25. The minimum Gasteiger partial charge on any atom is -0.460 e. The minimum absolute atomic E-state index is 0.200. The highest BCUT2D eigenvalue weighted by Gasteiger charge is 2.27. The molecule has 5 heteroatoms. The summed E-state index contributed by atoms with van der Waals surface area (Å²) in [6.07, 6.45) is 1.96. The van der Waals surface area contributed by atoms with E-state index in [4.69, 9.17) is 9.15 Å². The summed E-state index contributed by atoms with van der Waals surface area (Å²) in [7, 11) is 0. The lowest BCUT2D eigenvalue weighted by molar-refractivity contribution is 0.0166. The van der Waals surface area contributed by atoms with Gasteiger partial charge in [-0.05, 0) is 51.7 Å². The zero-order valence-corrected chi connectivity index (χ0v) is 15.4. The highest BCUT2D eigenvalue weighted by molar-refractivity contribution is 5.77. The summed E-state index contributed by atoms with van der Waals surface area (Å²) in [6, 6.07) is 10.1. The van der Waals surface area contributed by atoms with E-state index < -0.39 is 5.60 Å². The Balaban J connectivity index is 1.47. The summed E-state index contributed by atoms with van der Waals surface area (Å²) in [4.78, 5) is 14.1. The number of likely N-dealkylation sites (tertiary alicyclic amines) is 1. The van der Waals surface area contributed by atoms with E-state index in [1.54, 1.807) is 0 Å². The number of carbonyl (C=O) groups is 1. The number of amides is 1. The highest BCUT2D eigenvalue weighted by atomic mass is 16.6. The Kier molecular flexibility index (Phi) is 5.33. The Bertz CT molecular complexity index is 684. The van der Waals surface area contributed by atoms with Gasteiger partial charge in [0.2, 0.25) is 0 Å². The number of carbonyl (C=O) groups excluding carboxylic acids is 1. The predicted molar refractivity (Wildman–Crippen MR) is 98.5 cm³/mol. The van der Waals surface area contributed by atoms with Gasteiger partial charge >= 0.3 is 6.09 Å². The van der Waals surface area contributed by atoms with Crippen LogP contribution in [0.4, 0.5) is 4.79 Å². The van der Waals surface area contributed by atoms with Gasteiger partial charge in [-0.15, -0.1) is 0 Å². The number of hydrogen-bond donors (Lipinski definition) is 1. The summed E-state index contributed by atoms with van der Waals surface area (Å²) < 4.78 is 11.3. The summed E-state index contributed by atoms with van der Waals surface area (Å²) >= 11 is 0. The lowest BCUT2D eigenvalue weighted by Gasteiger charge is -2.34. The number of nitrogens with one attached hydrogen (secondary N) is 1. The van der Waals surface area contributed by atoms with E-state index in [0.717, 1.165) is 49.2 Å². The molecule has 136 valence electrons. The second-order valence-electron chi connectivity index (χ2n) is 7.82. The molecule has 0 radical (unpaired) electrons. The second kappa shape index (κ2) is 7.48. The topological polar surface area (TPSA) is 54.7 Å². The van der Waals surface area contributed by atoms with E-state index in [0.29, 0.717) is 12.5 Å². The third-order valence-electron chi connectivity index (χ3n) is 4.38. The van der Waals surface area contributed by atoms with Crippen molar-refractivity contribution in [1.29, 1.82) is 0 Å². The van der Waals surface area contributed by atoms with Crippen LogP contribution in [0.15, 0.2) is 34.7 Å². The molecule has 0 bridgehead atoms. The van der Waals surface area contributed by atoms with Crippen molar-refractivity contribution in [3.05, 3.63) is 36.1 Å². The van der Waals surface area contributed by atoms with Crippen molar-refractivity contribution in [2.24, 2.45) is 5.92 Å². The van der Waals surface area contributed by atoms with Crippen LogP contribution >= 0.6 is 0 Å². The Labute approximate surface area is 149 Å². The van der Waals surface area contributed by atoms with E-state index in [-0.39, 0.29) is 6.09 Å². The number of fused-ring (bicyclic) bond motifs is 1. The number of ether oxygens (including phenoxy) is 1. The number of furan rings is 1. The molecule has 1 saturated heterocycles. The molecule has 1 amide bonds. The molecule has 1 fully saturated rings. The zero-order valence-electron chi connectivity index (χ0n) is 15.4. The van der Waals surface area contributed by atoms with Gasteiger partial charge in [-0.3, -0.25) is 0 Å². The maximum absolute atomic E-state index is 12.2. The van der Waals surface area contributed by atoms with Crippen molar-refractivity contribution in [2.45, 2.75) is 45.8 Å². The van der Waals surface area contributed by atoms with Crippen LogP contribution in [0.1, 0.15) is 39.4 Å². The summed E-state index contributed by atoms with van der Waals surface area (Å²) in [5, 5.41) is 4.60. The van der Waals surface area contributed by atoms with E-state index in [1.807, 2.05) is 43.9 Å². The fourth-order valence-electron chi connectivity index (χ4n) is 3.25. The zero-order chi connectivity index (χ0) is 17.9. The quantitative estimate of drug-likeness (QED) is 0.904. The van der Waals surface area contributed by atoms with E-state index in [9.17, 15) is 4.79 Å². The van der Waals surface area contributed by atoms with Gasteiger partial charge < -0.3 is 19.4 Å². The number of para-hydroxylation sites is 1. The van der Waals surface area contributed by atoms with Gasteiger partial charge in [-0.2, -0.15) is 0 Å². The third-order valence-corrected chi connectivity index (χ3v) is 4.38. The molecule has 1 unspecified atom stereocenters.